The maximum Gasteiger partial charge on any atom is 0.0591 e. The predicted octanol–water partition coefficient (Wildman–Crippen LogP) is 2.60. The van der Waals surface area contributed by atoms with Gasteiger partial charge in [0.1, 0.15) is 0 Å². The fourth-order valence-corrected chi connectivity index (χ4v) is 2.19. The second kappa shape index (κ2) is 11.0. The molecule has 1 aliphatic rings. The van der Waals surface area contributed by atoms with Crippen molar-refractivity contribution < 1.29 is 9.47 Å². The molecule has 0 bridgehead atoms. The van der Waals surface area contributed by atoms with Crippen molar-refractivity contribution in [1.82, 2.24) is 5.32 Å². The van der Waals surface area contributed by atoms with Crippen molar-refractivity contribution in [3.8, 4) is 0 Å². The average molecular weight is 243 g/mol. The molecular weight excluding hydrogens is 214 g/mol. The van der Waals surface area contributed by atoms with Crippen LogP contribution in [0.3, 0.4) is 0 Å². The number of unbranched alkanes of at least 4 members (excludes halogenated alkanes) is 1. The van der Waals surface area contributed by atoms with E-state index in [1.165, 1.54) is 38.5 Å². The zero-order valence-electron chi connectivity index (χ0n) is 11.4. The van der Waals surface area contributed by atoms with Gasteiger partial charge in [-0.05, 0) is 25.2 Å². The summed E-state index contributed by atoms with van der Waals surface area (Å²) in [6.45, 7) is 7.60. The molecule has 0 aliphatic heterocycles. The Labute approximate surface area is 106 Å². The molecule has 1 fully saturated rings. The van der Waals surface area contributed by atoms with Crippen LogP contribution < -0.4 is 5.32 Å². The number of rotatable bonds is 11. The largest absolute Gasteiger partial charge is 0.380 e. The molecule has 1 N–H and O–H groups in total. The first-order valence-electron chi connectivity index (χ1n) is 7.29. The number of hydrogen-bond acceptors (Lipinski definition) is 3. The lowest BCUT2D eigenvalue weighted by Gasteiger charge is -2.10. The highest BCUT2D eigenvalue weighted by Gasteiger charge is 2.14. The summed E-state index contributed by atoms with van der Waals surface area (Å²) in [7, 11) is 0. The Morgan fingerprint density at radius 1 is 1.00 bits per heavy atom. The number of nitrogens with one attached hydrogen (secondary N) is 1. The van der Waals surface area contributed by atoms with Crippen LogP contribution in [0.1, 0.15) is 45.4 Å². The van der Waals surface area contributed by atoms with Crippen LogP contribution in [0.25, 0.3) is 0 Å². The van der Waals surface area contributed by atoms with Crippen LogP contribution in [0, 0.1) is 5.92 Å². The van der Waals surface area contributed by atoms with Crippen LogP contribution in [-0.4, -0.2) is 39.5 Å². The van der Waals surface area contributed by atoms with Gasteiger partial charge in [-0.25, -0.2) is 0 Å². The first-order chi connectivity index (χ1) is 8.43. The van der Waals surface area contributed by atoms with Crippen molar-refractivity contribution in [2.45, 2.75) is 45.4 Å². The molecule has 3 heteroatoms. The molecule has 17 heavy (non-hydrogen) atoms. The van der Waals surface area contributed by atoms with Crippen LogP contribution in [0.4, 0.5) is 0 Å². The number of ether oxygens (including phenoxy) is 2. The highest BCUT2D eigenvalue weighted by molar-refractivity contribution is 4.66. The molecule has 102 valence electrons. The minimum absolute atomic E-state index is 0.822. The minimum Gasteiger partial charge on any atom is -0.380 e. The molecular formula is C14H29NO2. The van der Waals surface area contributed by atoms with E-state index in [9.17, 15) is 0 Å². The third-order valence-corrected chi connectivity index (χ3v) is 3.32. The quantitative estimate of drug-likeness (QED) is 0.566. The van der Waals surface area contributed by atoms with Crippen molar-refractivity contribution in [2.75, 3.05) is 39.5 Å². The second-order valence-electron chi connectivity index (χ2n) is 4.94. The van der Waals surface area contributed by atoms with E-state index in [1.54, 1.807) is 0 Å². The molecule has 1 aliphatic carbocycles. The van der Waals surface area contributed by atoms with Crippen LogP contribution >= 0.6 is 0 Å². The zero-order chi connectivity index (χ0) is 12.2. The molecule has 0 radical (unpaired) electrons. The fourth-order valence-electron chi connectivity index (χ4n) is 2.19. The summed E-state index contributed by atoms with van der Waals surface area (Å²) in [4.78, 5) is 0. The summed E-state index contributed by atoms with van der Waals surface area (Å²) in [6, 6.07) is 0. The van der Waals surface area contributed by atoms with Crippen molar-refractivity contribution in [3.63, 3.8) is 0 Å². The molecule has 1 rings (SSSR count). The Kier molecular flexibility index (Phi) is 9.66. The lowest BCUT2D eigenvalue weighted by Crippen LogP contribution is -2.24. The van der Waals surface area contributed by atoms with E-state index < -0.39 is 0 Å². The van der Waals surface area contributed by atoms with Crippen molar-refractivity contribution >= 4 is 0 Å². The fraction of sp³-hybridized carbons (Fsp3) is 1.00. The van der Waals surface area contributed by atoms with Crippen LogP contribution in [0.15, 0.2) is 0 Å². The van der Waals surface area contributed by atoms with Gasteiger partial charge in [0.05, 0.1) is 13.2 Å². The topological polar surface area (TPSA) is 30.5 Å². The lowest BCUT2D eigenvalue weighted by molar-refractivity contribution is 0.0982. The third-order valence-electron chi connectivity index (χ3n) is 3.32. The van der Waals surface area contributed by atoms with Crippen molar-refractivity contribution in [3.05, 3.63) is 0 Å². The summed E-state index contributed by atoms with van der Waals surface area (Å²) in [5.41, 5.74) is 0. The maximum absolute atomic E-state index is 5.66. The van der Waals surface area contributed by atoms with E-state index in [1.807, 2.05) is 0 Å². The summed E-state index contributed by atoms with van der Waals surface area (Å²) >= 11 is 0. The molecule has 0 spiro atoms. The summed E-state index contributed by atoms with van der Waals surface area (Å²) in [6.07, 6.45) is 7.94. The van der Waals surface area contributed by atoms with Crippen LogP contribution in [0.5, 0.6) is 0 Å². The second-order valence-corrected chi connectivity index (χ2v) is 4.94. The van der Waals surface area contributed by atoms with Gasteiger partial charge in [0.2, 0.25) is 0 Å². The lowest BCUT2D eigenvalue weighted by atomic mass is 10.1. The van der Waals surface area contributed by atoms with Crippen LogP contribution in [0.2, 0.25) is 0 Å². The van der Waals surface area contributed by atoms with Gasteiger partial charge >= 0.3 is 0 Å². The highest BCUT2D eigenvalue weighted by atomic mass is 16.5. The van der Waals surface area contributed by atoms with Gasteiger partial charge in [-0.3, -0.25) is 0 Å². The van der Waals surface area contributed by atoms with Gasteiger partial charge in [0.15, 0.2) is 0 Å². The standard InChI is InChI=1S/C14H29NO2/c1-2-3-10-16-11-8-15-9-12-17-13-14-6-4-5-7-14/h14-15H,2-13H2,1H3. The summed E-state index contributed by atoms with van der Waals surface area (Å²) in [5.74, 6) is 0.840. The molecule has 0 aromatic rings. The molecule has 3 nitrogen and oxygen atoms in total. The summed E-state index contributed by atoms with van der Waals surface area (Å²) < 4.78 is 11.1. The number of hydrogen-bond donors (Lipinski definition) is 1. The molecule has 0 amide bonds. The van der Waals surface area contributed by atoms with Gasteiger partial charge in [0.25, 0.3) is 0 Å². The Morgan fingerprint density at radius 2 is 1.71 bits per heavy atom. The predicted molar refractivity (Wildman–Crippen MR) is 71.4 cm³/mol. The van der Waals surface area contributed by atoms with E-state index >= 15 is 0 Å². The molecule has 0 heterocycles. The van der Waals surface area contributed by atoms with Gasteiger partial charge < -0.3 is 14.8 Å². The summed E-state index contributed by atoms with van der Waals surface area (Å²) in [5, 5.41) is 3.34. The minimum atomic E-state index is 0.822. The monoisotopic (exact) mass is 243 g/mol. The molecule has 0 aromatic heterocycles. The Balaban J connectivity index is 1.69. The van der Waals surface area contributed by atoms with E-state index in [0.717, 1.165) is 45.4 Å². The van der Waals surface area contributed by atoms with Crippen LogP contribution in [-0.2, 0) is 9.47 Å². The first-order valence-corrected chi connectivity index (χ1v) is 7.29. The highest BCUT2D eigenvalue weighted by Crippen LogP contribution is 2.24. The van der Waals surface area contributed by atoms with Gasteiger partial charge in [-0.15, -0.1) is 0 Å². The van der Waals surface area contributed by atoms with E-state index in [-0.39, 0.29) is 0 Å². The Morgan fingerprint density at radius 3 is 2.41 bits per heavy atom. The SMILES string of the molecule is CCCCOCCNCCOCC1CCCC1. The molecule has 1 saturated carbocycles. The first kappa shape index (κ1) is 14.9. The Hall–Kier alpha value is -0.120. The van der Waals surface area contributed by atoms with Gasteiger partial charge in [-0.2, -0.15) is 0 Å². The van der Waals surface area contributed by atoms with Crippen molar-refractivity contribution in [2.24, 2.45) is 5.92 Å². The molecule has 0 saturated heterocycles. The Bertz CT molecular complexity index is 158. The maximum atomic E-state index is 5.66. The molecule has 0 aromatic carbocycles. The third kappa shape index (κ3) is 8.58. The zero-order valence-corrected chi connectivity index (χ0v) is 11.4. The van der Waals surface area contributed by atoms with E-state index in [4.69, 9.17) is 9.47 Å². The molecule has 0 unspecified atom stereocenters. The van der Waals surface area contributed by atoms with Crippen molar-refractivity contribution in [1.29, 1.82) is 0 Å². The normalized spacial score (nSPS) is 16.8. The van der Waals surface area contributed by atoms with Gasteiger partial charge in [0, 0.05) is 26.3 Å². The molecule has 0 atom stereocenters. The average Bonchev–Trinajstić information content (AvgIpc) is 2.85. The van der Waals surface area contributed by atoms with Gasteiger partial charge in [-0.1, -0.05) is 26.2 Å². The van der Waals surface area contributed by atoms with E-state index in [0.29, 0.717) is 0 Å². The van der Waals surface area contributed by atoms with E-state index in [2.05, 4.69) is 12.2 Å². The smallest absolute Gasteiger partial charge is 0.0591 e.